The summed E-state index contributed by atoms with van der Waals surface area (Å²) < 4.78 is 5.09. The molecule has 1 atom stereocenters. The molecule has 5 nitrogen and oxygen atoms in total. The van der Waals surface area contributed by atoms with Crippen LogP contribution in [0.4, 0.5) is 4.79 Å². The van der Waals surface area contributed by atoms with Crippen molar-refractivity contribution in [1.82, 2.24) is 10.6 Å². The molecule has 112 valence electrons. The van der Waals surface area contributed by atoms with Crippen LogP contribution in [0.2, 0.25) is 0 Å². The minimum absolute atomic E-state index is 0.0210. The van der Waals surface area contributed by atoms with Gasteiger partial charge in [-0.2, -0.15) is 0 Å². The van der Waals surface area contributed by atoms with Crippen molar-refractivity contribution in [3.05, 3.63) is 0 Å². The fourth-order valence-electron chi connectivity index (χ4n) is 1.20. The van der Waals surface area contributed by atoms with Crippen LogP contribution in [0, 0.1) is 5.92 Å². The minimum Gasteiger partial charge on any atom is -0.444 e. The number of carbonyl (C=O) groups excluding carboxylic acids is 2. The third-order valence-electron chi connectivity index (χ3n) is 2.16. The van der Waals surface area contributed by atoms with Crippen LogP contribution >= 0.6 is 15.9 Å². The maximum Gasteiger partial charge on any atom is 0.407 e. The Labute approximate surface area is 124 Å². The number of alkyl carbamates (subject to hydrolysis) is 1. The van der Waals surface area contributed by atoms with Crippen molar-refractivity contribution in [2.75, 3.05) is 13.1 Å². The smallest absolute Gasteiger partial charge is 0.407 e. The SMILES string of the molecule is CC(C)C(Br)C(=O)NCCCNC(=O)OC(C)(C)C. The lowest BCUT2D eigenvalue weighted by atomic mass is 10.1. The molecular formula is C13H25BrN2O3. The van der Waals surface area contributed by atoms with Crippen molar-refractivity contribution in [3.63, 3.8) is 0 Å². The van der Waals surface area contributed by atoms with E-state index in [4.69, 9.17) is 4.74 Å². The van der Waals surface area contributed by atoms with Crippen LogP contribution in [0.5, 0.6) is 0 Å². The van der Waals surface area contributed by atoms with E-state index in [1.807, 2.05) is 34.6 Å². The number of alkyl halides is 1. The summed E-state index contributed by atoms with van der Waals surface area (Å²) in [5.41, 5.74) is -0.487. The summed E-state index contributed by atoms with van der Waals surface area (Å²) in [6, 6.07) is 0. The second-order valence-electron chi connectivity index (χ2n) is 5.72. The molecule has 0 rings (SSSR count). The van der Waals surface area contributed by atoms with Crippen molar-refractivity contribution >= 4 is 27.9 Å². The van der Waals surface area contributed by atoms with Gasteiger partial charge in [0.2, 0.25) is 5.91 Å². The molecule has 0 fully saturated rings. The molecule has 0 heterocycles. The van der Waals surface area contributed by atoms with Crippen molar-refractivity contribution < 1.29 is 14.3 Å². The van der Waals surface area contributed by atoms with E-state index < -0.39 is 11.7 Å². The zero-order valence-electron chi connectivity index (χ0n) is 12.4. The molecule has 0 aromatic carbocycles. The van der Waals surface area contributed by atoms with Gasteiger partial charge in [-0.15, -0.1) is 0 Å². The zero-order valence-corrected chi connectivity index (χ0v) is 14.0. The number of halogens is 1. The summed E-state index contributed by atoms with van der Waals surface area (Å²) in [7, 11) is 0. The van der Waals surface area contributed by atoms with E-state index in [-0.39, 0.29) is 16.7 Å². The van der Waals surface area contributed by atoms with Crippen LogP contribution in [0.15, 0.2) is 0 Å². The fourth-order valence-corrected chi connectivity index (χ4v) is 1.37. The van der Waals surface area contributed by atoms with Gasteiger partial charge < -0.3 is 15.4 Å². The highest BCUT2D eigenvalue weighted by Crippen LogP contribution is 2.11. The average molecular weight is 337 g/mol. The van der Waals surface area contributed by atoms with E-state index >= 15 is 0 Å². The summed E-state index contributed by atoms with van der Waals surface area (Å²) in [6.45, 7) is 10.4. The number of hydrogen-bond donors (Lipinski definition) is 2. The highest BCUT2D eigenvalue weighted by molar-refractivity contribution is 9.10. The molecule has 0 aliphatic rings. The van der Waals surface area contributed by atoms with Crippen LogP contribution in [-0.2, 0) is 9.53 Å². The molecule has 1 unspecified atom stereocenters. The Morgan fingerprint density at radius 1 is 1.16 bits per heavy atom. The number of rotatable bonds is 6. The van der Waals surface area contributed by atoms with Crippen LogP contribution in [0.3, 0.4) is 0 Å². The fraction of sp³-hybridized carbons (Fsp3) is 0.846. The van der Waals surface area contributed by atoms with Gasteiger partial charge in [-0.05, 0) is 33.1 Å². The molecule has 2 amide bonds. The third-order valence-corrected chi connectivity index (χ3v) is 3.63. The molecule has 2 N–H and O–H groups in total. The van der Waals surface area contributed by atoms with Crippen LogP contribution in [0.25, 0.3) is 0 Å². The summed E-state index contributed by atoms with van der Waals surface area (Å²) >= 11 is 3.33. The van der Waals surface area contributed by atoms with Crippen molar-refractivity contribution in [1.29, 1.82) is 0 Å². The Hall–Kier alpha value is -0.780. The third kappa shape index (κ3) is 9.76. The maximum absolute atomic E-state index is 11.6. The Morgan fingerprint density at radius 2 is 1.68 bits per heavy atom. The van der Waals surface area contributed by atoms with E-state index in [0.29, 0.717) is 19.5 Å². The van der Waals surface area contributed by atoms with E-state index in [0.717, 1.165) is 0 Å². The Bertz CT molecular complexity index is 301. The summed E-state index contributed by atoms with van der Waals surface area (Å²) in [6.07, 6.45) is 0.238. The molecular weight excluding hydrogens is 312 g/mol. The lowest BCUT2D eigenvalue weighted by molar-refractivity contribution is -0.121. The van der Waals surface area contributed by atoms with Crippen molar-refractivity contribution in [2.45, 2.75) is 51.5 Å². The first kappa shape index (κ1) is 18.2. The minimum atomic E-state index is -0.487. The topological polar surface area (TPSA) is 67.4 Å². The Kier molecular flexibility index (Phi) is 8.06. The molecule has 0 saturated carbocycles. The standard InChI is InChI=1S/C13H25BrN2O3/c1-9(2)10(14)11(17)15-7-6-8-16-12(18)19-13(3,4)5/h9-10H,6-8H2,1-5H3,(H,15,17)(H,16,18). The van der Waals surface area contributed by atoms with E-state index in [1.54, 1.807) is 0 Å². The van der Waals surface area contributed by atoms with Crippen molar-refractivity contribution in [2.24, 2.45) is 5.92 Å². The van der Waals surface area contributed by atoms with E-state index in [2.05, 4.69) is 26.6 Å². The largest absolute Gasteiger partial charge is 0.444 e. The van der Waals surface area contributed by atoms with E-state index in [1.165, 1.54) is 0 Å². The van der Waals surface area contributed by atoms with Crippen LogP contribution < -0.4 is 10.6 Å². The molecule has 0 aliphatic heterocycles. The molecule has 0 saturated heterocycles. The zero-order chi connectivity index (χ0) is 15.1. The van der Waals surface area contributed by atoms with Crippen LogP contribution in [-0.4, -0.2) is 35.5 Å². The number of nitrogens with one attached hydrogen (secondary N) is 2. The Balaban J connectivity index is 3.66. The highest BCUT2D eigenvalue weighted by Gasteiger charge is 2.18. The van der Waals surface area contributed by atoms with Gasteiger partial charge in [0.25, 0.3) is 0 Å². The van der Waals surface area contributed by atoms with Crippen molar-refractivity contribution in [3.8, 4) is 0 Å². The second-order valence-corrected chi connectivity index (χ2v) is 6.71. The van der Waals surface area contributed by atoms with Gasteiger partial charge in [0, 0.05) is 13.1 Å². The molecule has 0 bridgehead atoms. The summed E-state index contributed by atoms with van der Waals surface area (Å²) in [5, 5.41) is 5.45. The summed E-state index contributed by atoms with van der Waals surface area (Å²) in [4.78, 5) is 22.7. The predicted molar refractivity (Wildman–Crippen MR) is 79.4 cm³/mol. The lowest BCUT2D eigenvalue weighted by Crippen LogP contribution is -2.37. The second kappa shape index (κ2) is 8.40. The average Bonchev–Trinajstić information content (AvgIpc) is 2.24. The lowest BCUT2D eigenvalue weighted by Gasteiger charge is -2.19. The molecule has 0 spiro atoms. The van der Waals surface area contributed by atoms with Gasteiger partial charge >= 0.3 is 6.09 Å². The molecule has 0 aromatic heterocycles. The molecule has 0 radical (unpaired) electrons. The van der Waals surface area contributed by atoms with Gasteiger partial charge in [0.15, 0.2) is 0 Å². The van der Waals surface area contributed by atoms with Crippen LogP contribution in [0.1, 0.15) is 41.0 Å². The summed E-state index contributed by atoms with van der Waals surface area (Å²) in [5.74, 6) is 0.229. The van der Waals surface area contributed by atoms with Gasteiger partial charge in [0.05, 0.1) is 4.83 Å². The normalized spacial score (nSPS) is 13.0. The molecule has 19 heavy (non-hydrogen) atoms. The first-order chi connectivity index (χ1) is 8.63. The number of carbonyl (C=O) groups is 2. The number of amides is 2. The number of ether oxygens (including phenoxy) is 1. The van der Waals surface area contributed by atoms with Gasteiger partial charge in [0.1, 0.15) is 5.60 Å². The molecule has 6 heteroatoms. The monoisotopic (exact) mass is 336 g/mol. The molecule has 0 aromatic rings. The maximum atomic E-state index is 11.6. The van der Waals surface area contributed by atoms with Gasteiger partial charge in [-0.3, -0.25) is 4.79 Å². The predicted octanol–water partition coefficient (Wildman–Crippen LogP) is 2.44. The first-order valence-electron chi connectivity index (χ1n) is 6.52. The first-order valence-corrected chi connectivity index (χ1v) is 7.43. The molecule has 0 aliphatic carbocycles. The van der Waals surface area contributed by atoms with E-state index in [9.17, 15) is 9.59 Å². The highest BCUT2D eigenvalue weighted by atomic mass is 79.9. The number of hydrogen-bond acceptors (Lipinski definition) is 3. The van der Waals surface area contributed by atoms with Gasteiger partial charge in [-0.25, -0.2) is 4.79 Å². The Morgan fingerprint density at radius 3 is 2.16 bits per heavy atom. The van der Waals surface area contributed by atoms with Gasteiger partial charge in [-0.1, -0.05) is 29.8 Å². The quantitative estimate of drug-likeness (QED) is 0.578.